The number of carbonyl (C=O) groups excluding carboxylic acids is 1. The zero-order valence-electron chi connectivity index (χ0n) is 12.6. The maximum absolute atomic E-state index is 13.9. The summed E-state index contributed by atoms with van der Waals surface area (Å²) in [7, 11) is 0. The molecule has 2 aliphatic rings. The second-order valence-electron chi connectivity index (χ2n) is 6.51. The summed E-state index contributed by atoms with van der Waals surface area (Å²) in [6.45, 7) is 0.858. The van der Waals surface area contributed by atoms with Crippen LogP contribution in [-0.2, 0) is 0 Å². The SMILES string of the molecule is O=C(c1cc2c(F)cccc2s1)N1CCCC2CCCCC21. The molecule has 0 bridgehead atoms. The van der Waals surface area contributed by atoms with Crippen LogP contribution in [0.15, 0.2) is 24.3 Å². The van der Waals surface area contributed by atoms with Crippen LogP contribution in [0, 0.1) is 11.7 Å². The maximum Gasteiger partial charge on any atom is 0.264 e. The summed E-state index contributed by atoms with van der Waals surface area (Å²) in [5.41, 5.74) is 0. The van der Waals surface area contributed by atoms with Crippen LogP contribution in [0.4, 0.5) is 4.39 Å². The molecular formula is C18H20FNOS. The number of thiophene rings is 1. The third-order valence-electron chi connectivity index (χ3n) is 5.22. The largest absolute Gasteiger partial charge is 0.335 e. The third kappa shape index (κ3) is 2.34. The smallest absolute Gasteiger partial charge is 0.264 e. The Balaban J connectivity index is 1.65. The molecular weight excluding hydrogens is 297 g/mol. The lowest BCUT2D eigenvalue weighted by Gasteiger charge is -2.44. The molecule has 2 nitrogen and oxygen atoms in total. The van der Waals surface area contributed by atoms with Crippen molar-refractivity contribution in [1.29, 1.82) is 0 Å². The Morgan fingerprint density at radius 2 is 2.00 bits per heavy atom. The molecule has 1 saturated heterocycles. The van der Waals surface area contributed by atoms with Gasteiger partial charge in [0.15, 0.2) is 0 Å². The molecule has 0 N–H and O–H groups in total. The number of likely N-dealkylation sites (tertiary alicyclic amines) is 1. The molecule has 4 rings (SSSR count). The van der Waals surface area contributed by atoms with Gasteiger partial charge in [-0.25, -0.2) is 4.39 Å². The molecule has 1 aliphatic carbocycles. The Bertz CT molecular complexity index is 708. The minimum Gasteiger partial charge on any atom is -0.335 e. The van der Waals surface area contributed by atoms with Gasteiger partial charge in [-0.3, -0.25) is 4.79 Å². The lowest BCUT2D eigenvalue weighted by atomic mass is 9.78. The van der Waals surface area contributed by atoms with E-state index >= 15 is 0 Å². The summed E-state index contributed by atoms with van der Waals surface area (Å²) < 4.78 is 14.7. The van der Waals surface area contributed by atoms with E-state index in [1.807, 2.05) is 6.07 Å². The van der Waals surface area contributed by atoms with Gasteiger partial charge in [0, 0.05) is 22.7 Å². The van der Waals surface area contributed by atoms with Crippen molar-refractivity contribution in [1.82, 2.24) is 4.90 Å². The normalized spacial score (nSPS) is 25.2. The van der Waals surface area contributed by atoms with Gasteiger partial charge in [-0.1, -0.05) is 18.9 Å². The van der Waals surface area contributed by atoms with E-state index in [1.165, 1.54) is 43.1 Å². The fraction of sp³-hybridized carbons (Fsp3) is 0.500. The molecule has 0 radical (unpaired) electrons. The zero-order valence-corrected chi connectivity index (χ0v) is 13.4. The molecule has 2 fully saturated rings. The second kappa shape index (κ2) is 5.65. The highest BCUT2D eigenvalue weighted by Gasteiger charge is 2.36. The van der Waals surface area contributed by atoms with Crippen molar-refractivity contribution in [2.45, 2.75) is 44.6 Å². The van der Waals surface area contributed by atoms with Gasteiger partial charge in [-0.15, -0.1) is 11.3 Å². The standard InChI is InChI=1S/C18H20FNOS/c19-14-7-3-9-16-13(14)11-17(22-16)18(21)20-10-4-6-12-5-1-2-8-15(12)20/h3,7,9,11-12,15H,1-2,4-6,8,10H2. The van der Waals surface area contributed by atoms with Gasteiger partial charge in [0.25, 0.3) is 5.91 Å². The fourth-order valence-corrected chi connectivity index (χ4v) is 5.18. The van der Waals surface area contributed by atoms with Gasteiger partial charge in [0.2, 0.25) is 0 Å². The Labute approximate surface area is 133 Å². The summed E-state index contributed by atoms with van der Waals surface area (Å²) in [5.74, 6) is 0.553. The molecule has 2 unspecified atom stereocenters. The van der Waals surface area contributed by atoms with Gasteiger partial charge in [0.05, 0.1) is 4.88 Å². The van der Waals surface area contributed by atoms with E-state index in [4.69, 9.17) is 0 Å². The van der Waals surface area contributed by atoms with Crippen LogP contribution in [0.5, 0.6) is 0 Å². The van der Waals surface area contributed by atoms with E-state index in [9.17, 15) is 9.18 Å². The molecule has 1 aromatic heterocycles. The second-order valence-corrected chi connectivity index (χ2v) is 7.60. The van der Waals surface area contributed by atoms with E-state index in [0.29, 0.717) is 22.2 Å². The van der Waals surface area contributed by atoms with Crippen LogP contribution < -0.4 is 0 Å². The molecule has 1 saturated carbocycles. The lowest BCUT2D eigenvalue weighted by molar-refractivity contribution is 0.0395. The summed E-state index contributed by atoms with van der Waals surface area (Å²) >= 11 is 1.42. The van der Waals surface area contributed by atoms with Crippen LogP contribution in [0.3, 0.4) is 0 Å². The van der Waals surface area contributed by atoms with Crippen LogP contribution in [-0.4, -0.2) is 23.4 Å². The van der Waals surface area contributed by atoms with Gasteiger partial charge >= 0.3 is 0 Å². The van der Waals surface area contributed by atoms with Crippen LogP contribution >= 0.6 is 11.3 Å². The third-order valence-corrected chi connectivity index (χ3v) is 6.31. The summed E-state index contributed by atoms with van der Waals surface area (Å²) in [6.07, 6.45) is 7.29. The summed E-state index contributed by atoms with van der Waals surface area (Å²) in [4.78, 5) is 15.7. The number of nitrogens with zero attached hydrogens (tertiary/aromatic N) is 1. The maximum atomic E-state index is 13.9. The van der Waals surface area contributed by atoms with Crippen molar-refractivity contribution < 1.29 is 9.18 Å². The van der Waals surface area contributed by atoms with Gasteiger partial charge in [0.1, 0.15) is 5.82 Å². The van der Waals surface area contributed by atoms with Gasteiger partial charge in [-0.2, -0.15) is 0 Å². The number of hydrogen-bond donors (Lipinski definition) is 0. The minimum absolute atomic E-state index is 0.109. The number of piperidine rings is 1. The molecule has 2 heterocycles. The fourth-order valence-electron chi connectivity index (χ4n) is 4.15. The van der Waals surface area contributed by atoms with Crippen LogP contribution in [0.25, 0.3) is 10.1 Å². The number of fused-ring (bicyclic) bond motifs is 2. The topological polar surface area (TPSA) is 20.3 Å². The van der Waals surface area contributed by atoms with Crippen LogP contribution in [0.2, 0.25) is 0 Å². The summed E-state index contributed by atoms with van der Waals surface area (Å²) in [5, 5.41) is 0.577. The quantitative estimate of drug-likeness (QED) is 0.737. The van der Waals surface area contributed by atoms with Gasteiger partial charge < -0.3 is 4.90 Å². The summed E-state index contributed by atoms with van der Waals surface area (Å²) in [6, 6.07) is 7.20. The van der Waals surface area contributed by atoms with Crippen molar-refractivity contribution >= 4 is 27.3 Å². The first-order chi connectivity index (χ1) is 10.7. The Morgan fingerprint density at radius 3 is 2.86 bits per heavy atom. The molecule has 0 spiro atoms. The van der Waals surface area contributed by atoms with Crippen molar-refractivity contribution in [3.8, 4) is 0 Å². The highest BCUT2D eigenvalue weighted by atomic mass is 32.1. The molecule has 116 valence electrons. The molecule has 22 heavy (non-hydrogen) atoms. The molecule has 1 aliphatic heterocycles. The number of carbonyl (C=O) groups is 1. The predicted molar refractivity (Wildman–Crippen MR) is 87.8 cm³/mol. The van der Waals surface area contributed by atoms with Crippen molar-refractivity contribution in [3.05, 3.63) is 35.0 Å². The number of benzene rings is 1. The average Bonchev–Trinajstić information content (AvgIpc) is 2.99. The number of rotatable bonds is 1. The highest BCUT2D eigenvalue weighted by molar-refractivity contribution is 7.20. The molecule has 1 amide bonds. The van der Waals surface area contributed by atoms with Crippen molar-refractivity contribution in [3.63, 3.8) is 0 Å². The predicted octanol–water partition coefficient (Wildman–Crippen LogP) is 4.84. The molecule has 2 atom stereocenters. The minimum atomic E-state index is -0.234. The Morgan fingerprint density at radius 1 is 1.18 bits per heavy atom. The van der Waals surface area contributed by atoms with E-state index in [2.05, 4.69) is 4.90 Å². The van der Waals surface area contributed by atoms with E-state index in [1.54, 1.807) is 12.1 Å². The highest BCUT2D eigenvalue weighted by Crippen LogP contribution is 2.37. The first-order valence-corrected chi connectivity index (χ1v) is 9.05. The number of halogens is 1. The Kier molecular flexibility index (Phi) is 3.65. The average molecular weight is 317 g/mol. The lowest BCUT2D eigenvalue weighted by Crippen LogP contribution is -2.49. The van der Waals surface area contributed by atoms with E-state index in [-0.39, 0.29) is 11.7 Å². The van der Waals surface area contributed by atoms with Crippen LogP contribution in [0.1, 0.15) is 48.2 Å². The Hall–Kier alpha value is -1.42. The number of amides is 1. The van der Waals surface area contributed by atoms with Crippen molar-refractivity contribution in [2.75, 3.05) is 6.54 Å². The molecule has 1 aromatic carbocycles. The molecule has 2 aromatic rings. The van der Waals surface area contributed by atoms with E-state index in [0.717, 1.165) is 24.1 Å². The monoisotopic (exact) mass is 317 g/mol. The first kappa shape index (κ1) is 14.2. The number of hydrogen-bond acceptors (Lipinski definition) is 2. The van der Waals surface area contributed by atoms with Crippen molar-refractivity contribution in [2.24, 2.45) is 5.92 Å². The molecule has 4 heteroatoms. The van der Waals surface area contributed by atoms with Gasteiger partial charge in [-0.05, 0) is 49.8 Å². The first-order valence-electron chi connectivity index (χ1n) is 8.23. The van der Waals surface area contributed by atoms with E-state index < -0.39 is 0 Å². The zero-order chi connectivity index (χ0) is 15.1.